The third-order valence-electron chi connectivity index (χ3n) is 3.57. The number of thiophene rings is 1. The summed E-state index contributed by atoms with van der Waals surface area (Å²) in [6.45, 7) is 6.29. The van der Waals surface area contributed by atoms with Gasteiger partial charge in [0, 0.05) is 17.1 Å². The molecule has 0 radical (unpaired) electrons. The first-order valence-electron chi connectivity index (χ1n) is 6.65. The van der Waals surface area contributed by atoms with Crippen molar-refractivity contribution in [2.24, 2.45) is 0 Å². The zero-order valence-electron chi connectivity index (χ0n) is 12.2. The Labute approximate surface area is 126 Å². The first-order valence-corrected chi connectivity index (χ1v) is 7.46. The summed E-state index contributed by atoms with van der Waals surface area (Å²) < 4.78 is 1.58. The summed E-state index contributed by atoms with van der Waals surface area (Å²) in [5.74, 6) is 1.05. The highest BCUT2D eigenvalue weighted by atomic mass is 32.1. The molecule has 0 saturated heterocycles. The van der Waals surface area contributed by atoms with Crippen LogP contribution in [0, 0.1) is 20.8 Å². The van der Waals surface area contributed by atoms with Gasteiger partial charge in [-0.15, -0.1) is 11.3 Å². The number of pyridine rings is 1. The molecule has 3 rings (SSSR count). The first kappa shape index (κ1) is 13.8. The molecular formula is C15H16N4OS. The minimum atomic E-state index is -0.0594. The Morgan fingerprint density at radius 1 is 1.29 bits per heavy atom. The van der Waals surface area contributed by atoms with Crippen LogP contribution >= 0.6 is 11.3 Å². The number of anilines is 1. The largest absolute Gasteiger partial charge is 0.383 e. The molecule has 3 heterocycles. The second kappa shape index (κ2) is 4.96. The number of hydrogen-bond acceptors (Lipinski definition) is 5. The quantitative estimate of drug-likeness (QED) is 0.788. The molecule has 5 nitrogen and oxygen atoms in total. The number of aromatic nitrogens is 3. The molecule has 108 valence electrons. The molecule has 2 N–H and O–H groups in total. The minimum Gasteiger partial charge on any atom is -0.383 e. The van der Waals surface area contributed by atoms with Crippen molar-refractivity contribution in [1.82, 2.24) is 14.5 Å². The lowest BCUT2D eigenvalue weighted by Gasteiger charge is -2.06. The van der Waals surface area contributed by atoms with E-state index in [1.165, 1.54) is 4.88 Å². The van der Waals surface area contributed by atoms with E-state index in [1.54, 1.807) is 28.2 Å². The molecule has 3 aromatic heterocycles. The number of aryl methyl sites for hydroxylation is 3. The molecule has 0 unspecified atom stereocenters. The van der Waals surface area contributed by atoms with Crippen LogP contribution < -0.4 is 11.3 Å². The van der Waals surface area contributed by atoms with Gasteiger partial charge in [0.2, 0.25) is 0 Å². The summed E-state index contributed by atoms with van der Waals surface area (Å²) in [7, 11) is 0. The number of nitrogen functional groups attached to an aromatic ring is 1. The lowest BCUT2D eigenvalue weighted by Crippen LogP contribution is -2.20. The van der Waals surface area contributed by atoms with Crippen molar-refractivity contribution < 1.29 is 0 Å². The summed E-state index contributed by atoms with van der Waals surface area (Å²) in [5, 5.41) is 0.928. The fourth-order valence-corrected chi connectivity index (χ4v) is 3.34. The summed E-state index contributed by atoms with van der Waals surface area (Å²) >= 11 is 1.61. The zero-order valence-corrected chi connectivity index (χ0v) is 13.0. The predicted octanol–water partition coefficient (Wildman–Crippen LogP) is 2.41. The van der Waals surface area contributed by atoms with E-state index in [0.29, 0.717) is 18.2 Å². The van der Waals surface area contributed by atoms with Gasteiger partial charge in [-0.2, -0.15) is 0 Å². The van der Waals surface area contributed by atoms with Crippen molar-refractivity contribution in [1.29, 1.82) is 0 Å². The van der Waals surface area contributed by atoms with Crippen molar-refractivity contribution in [3.05, 3.63) is 50.5 Å². The van der Waals surface area contributed by atoms with E-state index >= 15 is 0 Å². The van der Waals surface area contributed by atoms with Gasteiger partial charge in [0.1, 0.15) is 10.6 Å². The number of nitrogens with zero attached hydrogens (tertiary/aromatic N) is 3. The van der Waals surface area contributed by atoms with Gasteiger partial charge in [0.05, 0.1) is 11.9 Å². The van der Waals surface area contributed by atoms with E-state index in [9.17, 15) is 4.79 Å². The van der Waals surface area contributed by atoms with Crippen LogP contribution in [-0.2, 0) is 6.54 Å². The Balaban J connectivity index is 2.07. The Bertz CT molecular complexity index is 895. The summed E-state index contributed by atoms with van der Waals surface area (Å²) in [6.07, 6.45) is 1.76. The van der Waals surface area contributed by atoms with Crippen LogP contribution in [-0.4, -0.2) is 14.5 Å². The predicted molar refractivity (Wildman–Crippen MR) is 85.8 cm³/mol. The number of rotatable bonds is 2. The van der Waals surface area contributed by atoms with Gasteiger partial charge in [-0.1, -0.05) is 0 Å². The maximum absolute atomic E-state index is 11.9. The van der Waals surface area contributed by atoms with Gasteiger partial charge in [-0.05, 0) is 38.0 Å². The highest BCUT2D eigenvalue weighted by Gasteiger charge is 2.13. The van der Waals surface area contributed by atoms with Gasteiger partial charge >= 0.3 is 0 Å². The topological polar surface area (TPSA) is 73.8 Å². The van der Waals surface area contributed by atoms with Gasteiger partial charge in [-0.3, -0.25) is 4.79 Å². The number of nitrogens with two attached hydrogens (primary N) is 1. The third kappa shape index (κ3) is 2.42. The van der Waals surface area contributed by atoms with Crippen LogP contribution in [0.1, 0.15) is 21.8 Å². The smallest absolute Gasteiger partial charge is 0.251 e. The van der Waals surface area contributed by atoms with Crippen molar-refractivity contribution in [2.75, 3.05) is 5.73 Å². The molecule has 0 spiro atoms. The molecule has 3 aromatic rings. The fraction of sp³-hybridized carbons (Fsp3) is 0.267. The van der Waals surface area contributed by atoms with E-state index in [0.717, 1.165) is 21.3 Å². The number of hydrogen-bond donors (Lipinski definition) is 1. The van der Waals surface area contributed by atoms with E-state index in [1.807, 2.05) is 26.8 Å². The molecule has 6 heteroatoms. The van der Waals surface area contributed by atoms with E-state index in [2.05, 4.69) is 9.97 Å². The molecule has 0 saturated carbocycles. The molecule has 0 bridgehead atoms. The van der Waals surface area contributed by atoms with Gasteiger partial charge in [0.25, 0.3) is 5.56 Å². The molecule has 0 amide bonds. The van der Waals surface area contributed by atoms with E-state index in [4.69, 9.17) is 5.73 Å². The molecular weight excluding hydrogens is 284 g/mol. The molecule has 0 fully saturated rings. The van der Waals surface area contributed by atoms with Crippen molar-refractivity contribution in [3.63, 3.8) is 0 Å². The lowest BCUT2D eigenvalue weighted by molar-refractivity contribution is 0.719. The SMILES string of the molecule is Cc1ccn(Cc2nc(N)c3c(C)c(C)sc3n2)c(=O)c1. The second-order valence-electron chi connectivity index (χ2n) is 5.16. The molecule has 0 aliphatic rings. The average molecular weight is 300 g/mol. The summed E-state index contributed by atoms with van der Waals surface area (Å²) in [6, 6.07) is 3.49. The van der Waals surface area contributed by atoms with E-state index < -0.39 is 0 Å². The van der Waals surface area contributed by atoms with Crippen LogP contribution in [0.4, 0.5) is 5.82 Å². The molecule has 0 atom stereocenters. The van der Waals surface area contributed by atoms with Crippen LogP contribution in [0.3, 0.4) is 0 Å². The molecule has 0 aromatic carbocycles. The van der Waals surface area contributed by atoms with Crippen LogP contribution in [0.25, 0.3) is 10.2 Å². The highest BCUT2D eigenvalue weighted by molar-refractivity contribution is 7.18. The van der Waals surface area contributed by atoms with Gasteiger partial charge in [0.15, 0.2) is 5.82 Å². The highest BCUT2D eigenvalue weighted by Crippen LogP contribution is 2.31. The van der Waals surface area contributed by atoms with Crippen molar-refractivity contribution in [2.45, 2.75) is 27.3 Å². The summed E-state index contributed by atoms with van der Waals surface area (Å²) in [5.41, 5.74) is 8.07. The van der Waals surface area contributed by atoms with Gasteiger partial charge < -0.3 is 10.3 Å². The normalized spacial score (nSPS) is 11.2. The zero-order chi connectivity index (χ0) is 15.1. The third-order valence-corrected chi connectivity index (χ3v) is 4.67. The van der Waals surface area contributed by atoms with Gasteiger partial charge in [-0.25, -0.2) is 9.97 Å². The molecule has 21 heavy (non-hydrogen) atoms. The first-order chi connectivity index (χ1) is 9.95. The Morgan fingerprint density at radius 3 is 2.76 bits per heavy atom. The van der Waals surface area contributed by atoms with Crippen molar-refractivity contribution in [3.8, 4) is 0 Å². The minimum absolute atomic E-state index is 0.0594. The summed E-state index contributed by atoms with van der Waals surface area (Å²) in [4.78, 5) is 22.9. The lowest BCUT2D eigenvalue weighted by atomic mass is 10.2. The number of fused-ring (bicyclic) bond motifs is 1. The van der Waals surface area contributed by atoms with Crippen LogP contribution in [0.2, 0.25) is 0 Å². The standard InChI is InChI=1S/C15H16N4OS/c1-8-4-5-19(12(20)6-8)7-11-17-14(16)13-9(2)10(3)21-15(13)18-11/h4-6H,7H2,1-3H3,(H2,16,17,18). The average Bonchev–Trinajstić information content (AvgIpc) is 2.69. The van der Waals surface area contributed by atoms with E-state index in [-0.39, 0.29) is 5.56 Å². The molecule has 0 aliphatic heterocycles. The van der Waals surface area contributed by atoms with Crippen LogP contribution in [0.15, 0.2) is 23.1 Å². The Kier molecular flexibility index (Phi) is 3.25. The Morgan fingerprint density at radius 2 is 2.05 bits per heavy atom. The molecule has 0 aliphatic carbocycles. The monoisotopic (exact) mass is 300 g/mol. The van der Waals surface area contributed by atoms with Crippen LogP contribution in [0.5, 0.6) is 0 Å². The Hall–Kier alpha value is -2.21. The van der Waals surface area contributed by atoms with Crippen molar-refractivity contribution >= 4 is 27.4 Å². The second-order valence-corrected chi connectivity index (χ2v) is 6.36. The maximum atomic E-state index is 11.9. The maximum Gasteiger partial charge on any atom is 0.251 e. The fourth-order valence-electron chi connectivity index (χ4n) is 2.29.